The van der Waals surface area contributed by atoms with Gasteiger partial charge in [-0.1, -0.05) is 0 Å². The van der Waals surface area contributed by atoms with Crippen molar-refractivity contribution in [2.75, 3.05) is 13.1 Å². The van der Waals surface area contributed by atoms with Crippen molar-refractivity contribution in [3.8, 4) is 0 Å². The van der Waals surface area contributed by atoms with Crippen molar-refractivity contribution in [1.82, 2.24) is 9.88 Å². The van der Waals surface area contributed by atoms with Gasteiger partial charge in [-0.3, -0.25) is 9.78 Å². The van der Waals surface area contributed by atoms with E-state index in [1.807, 2.05) is 0 Å². The molecule has 1 aliphatic rings. The van der Waals surface area contributed by atoms with Crippen molar-refractivity contribution in [2.24, 2.45) is 5.92 Å². The van der Waals surface area contributed by atoms with Gasteiger partial charge in [0.05, 0.1) is 5.92 Å². The van der Waals surface area contributed by atoms with Crippen LogP contribution in [0.3, 0.4) is 0 Å². The van der Waals surface area contributed by atoms with Crippen LogP contribution in [0.2, 0.25) is 0 Å². The average molecular weight is 285 g/mol. The van der Waals surface area contributed by atoms with Crippen LogP contribution in [-0.4, -0.2) is 40.0 Å². The minimum Gasteiger partial charge on any atom is -0.465 e. The number of Topliss-reactive ketones (excluding diaryl/α,β-unsaturated/α-hetero) is 1. The third-order valence-electron chi connectivity index (χ3n) is 2.50. The number of ketones is 1. The molecule has 1 saturated heterocycles. The maximum atomic E-state index is 11.8. The lowest BCUT2D eigenvalue weighted by Crippen LogP contribution is -2.52. The van der Waals surface area contributed by atoms with Crippen LogP contribution < -0.4 is 0 Å². The Kier molecular flexibility index (Phi) is 2.91. The zero-order chi connectivity index (χ0) is 11.7. The number of likely N-dealkylation sites (tertiary alicyclic amines) is 1. The van der Waals surface area contributed by atoms with Gasteiger partial charge in [-0.05, 0) is 28.1 Å². The molecular formula is C10H9BrN2O3. The Bertz CT molecular complexity index is 426. The number of carboxylic acid groups (broad SMARTS) is 1. The van der Waals surface area contributed by atoms with Crippen LogP contribution in [0.4, 0.5) is 4.79 Å². The molecule has 2 rings (SSSR count). The molecule has 0 spiro atoms. The van der Waals surface area contributed by atoms with Gasteiger partial charge in [0, 0.05) is 23.8 Å². The normalized spacial score (nSPS) is 15.7. The van der Waals surface area contributed by atoms with Gasteiger partial charge in [0.1, 0.15) is 5.69 Å². The fourth-order valence-electron chi connectivity index (χ4n) is 1.53. The summed E-state index contributed by atoms with van der Waals surface area (Å²) in [5.41, 5.74) is 0.387. The number of amides is 1. The topological polar surface area (TPSA) is 70.5 Å². The van der Waals surface area contributed by atoms with Crippen LogP contribution in [0.25, 0.3) is 0 Å². The average Bonchev–Trinajstić information content (AvgIpc) is 2.15. The monoisotopic (exact) mass is 284 g/mol. The van der Waals surface area contributed by atoms with Gasteiger partial charge in [0.15, 0.2) is 5.78 Å². The highest BCUT2D eigenvalue weighted by Crippen LogP contribution is 2.20. The quantitative estimate of drug-likeness (QED) is 0.838. The molecule has 1 aliphatic heterocycles. The number of hydrogen-bond donors (Lipinski definition) is 1. The lowest BCUT2D eigenvalue weighted by Gasteiger charge is -2.35. The molecule has 1 fully saturated rings. The van der Waals surface area contributed by atoms with E-state index in [-0.39, 0.29) is 24.8 Å². The van der Waals surface area contributed by atoms with Crippen molar-refractivity contribution in [1.29, 1.82) is 0 Å². The molecule has 0 saturated carbocycles. The summed E-state index contributed by atoms with van der Waals surface area (Å²) in [6, 6.07) is 3.38. The second-order valence-corrected chi connectivity index (χ2v) is 4.53. The van der Waals surface area contributed by atoms with E-state index in [1.165, 1.54) is 4.90 Å². The predicted molar refractivity (Wildman–Crippen MR) is 59.4 cm³/mol. The number of rotatable bonds is 2. The summed E-state index contributed by atoms with van der Waals surface area (Å²) in [7, 11) is 0. The van der Waals surface area contributed by atoms with Gasteiger partial charge >= 0.3 is 6.09 Å². The fourth-order valence-corrected chi connectivity index (χ4v) is 1.77. The SMILES string of the molecule is O=C(c1ccc(Br)cn1)C1CN(C(=O)O)C1. The Morgan fingerprint density at radius 1 is 1.44 bits per heavy atom. The zero-order valence-electron chi connectivity index (χ0n) is 8.26. The maximum Gasteiger partial charge on any atom is 0.407 e. The molecule has 6 heteroatoms. The highest BCUT2D eigenvalue weighted by molar-refractivity contribution is 9.10. The number of hydrogen-bond acceptors (Lipinski definition) is 3. The molecule has 1 aromatic heterocycles. The van der Waals surface area contributed by atoms with E-state index in [1.54, 1.807) is 18.3 Å². The Morgan fingerprint density at radius 3 is 2.62 bits per heavy atom. The van der Waals surface area contributed by atoms with E-state index in [4.69, 9.17) is 5.11 Å². The molecule has 1 aromatic rings. The lowest BCUT2D eigenvalue weighted by molar-refractivity contribution is 0.0606. The first-order valence-corrected chi connectivity index (χ1v) is 5.51. The van der Waals surface area contributed by atoms with Crippen molar-refractivity contribution >= 4 is 27.8 Å². The summed E-state index contributed by atoms with van der Waals surface area (Å²) in [5, 5.41) is 8.63. The summed E-state index contributed by atoms with van der Waals surface area (Å²) in [4.78, 5) is 27.5. The minimum absolute atomic E-state index is 0.0926. The maximum absolute atomic E-state index is 11.8. The first-order valence-electron chi connectivity index (χ1n) is 4.71. The van der Waals surface area contributed by atoms with Crippen LogP contribution in [0.1, 0.15) is 10.5 Å². The van der Waals surface area contributed by atoms with Crippen LogP contribution in [0, 0.1) is 5.92 Å². The molecule has 0 radical (unpaired) electrons. The van der Waals surface area contributed by atoms with Crippen LogP contribution in [0.15, 0.2) is 22.8 Å². The molecule has 0 aromatic carbocycles. The molecule has 1 N–H and O–H groups in total. The third-order valence-corrected chi connectivity index (χ3v) is 2.97. The number of carbonyl (C=O) groups excluding carboxylic acids is 1. The van der Waals surface area contributed by atoms with Crippen LogP contribution in [-0.2, 0) is 0 Å². The molecule has 16 heavy (non-hydrogen) atoms. The number of pyridine rings is 1. The van der Waals surface area contributed by atoms with E-state index in [0.29, 0.717) is 5.69 Å². The van der Waals surface area contributed by atoms with E-state index in [9.17, 15) is 9.59 Å². The number of nitrogens with zero attached hydrogens (tertiary/aromatic N) is 2. The standard InChI is InChI=1S/C10H9BrN2O3/c11-7-1-2-8(12-3-7)9(14)6-4-13(5-6)10(15)16/h1-3,6H,4-5H2,(H,15,16). The summed E-state index contributed by atoms with van der Waals surface area (Å²) in [5.74, 6) is -0.338. The molecule has 0 atom stereocenters. The van der Waals surface area contributed by atoms with Gasteiger partial charge in [-0.25, -0.2) is 4.79 Å². The summed E-state index contributed by atoms with van der Waals surface area (Å²) < 4.78 is 0.810. The largest absolute Gasteiger partial charge is 0.465 e. The minimum atomic E-state index is -0.979. The number of carbonyl (C=O) groups is 2. The highest BCUT2D eigenvalue weighted by atomic mass is 79.9. The highest BCUT2D eigenvalue weighted by Gasteiger charge is 2.36. The fraction of sp³-hybridized carbons (Fsp3) is 0.300. The predicted octanol–water partition coefficient (Wildman–Crippen LogP) is 1.64. The Labute approximate surface area is 100 Å². The summed E-state index contributed by atoms with van der Waals surface area (Å²) >= 11 is 3.23. The Hall–Kier alpha value is -1.43. The molecule has 1 amide bonds. The molecule has 0 unspecified atom stereocenters. The number of halogens is 1. The Balaban J connectivity index is 2.00. The molecule has 0 aliphatic carbocycles. The van der Waals surface area contributed by atoms with E-state index < -0.39 is 6.09 Å². The van der Waals surface area contributed by atoms with Crippen molar-refractivity contribution in [3.63, 3.8) is 0 Å². The lowest BCUT2D eigenvalue weighted by atomic mass is 9.93. The molecule has 0 bridgehead atoms. The van der Waals surface area contributed by atoms with Gasteiger partial charge in [-0.15, -0.1) is 0 Å². The van der Waals surface area contributed by atoms with Gasteiger partial charge in [0.2, 0.25) is 0 Å². The molecule has 5 nitrogen and oxygen atoms in total. The van der Waals surface area contributed by atoms with E-state index in [0.717, 1.165) is 4.47 Å². The Morgan fingerprint density at radius 2 is 2.12 bits per heavy atom. The van der Waals surface area contributed by atoms with Gasteiger partial charge < -0.3 is 10.0 Å². The van der Waals surface area contributed by atoms with Crippen LogP contribution >= 0.6 is 15.9 Å². The van der Waals surface area contributed by atoms with Gasteiger partial charge in [-0.2, -0.15) is 0 Å². The molecular weight excluding hydrogens is 276 g/mol. The van der Waals surface area contributed by atoms with Gasteiger partial charge in [0.25, 0.3) is 0 Å². The van der Waals surface area contributed by atoms with Crippen LogP contribution in [0.5, 0.6) is 0 Å². The van der Waals surface area contributed by atoms with E-state index in [2.05, 4.69) is 20.9 Å². The van der Waals surface area contributed by atoms with Crippen molar-refractivity contribution < 1.29 is 14.7 Å². The molecule has 2 heterocycles. The van der Waals surface area contributed by atoms with Crippen molar-refractivity contribution in [3.05, 3.63) is 28.5 Å². The molecule has 84 valence electrons. The smallest absolute Gasteiger partial charge is 0.407 e. The van der Waals surface area contributed by atoms with Crippen molar-refractivity contribution in [2.45, 2.75) is 0 Å². The second-order valence-electron chi connectivity index (χ2n) is 3.61. The third kappa shape index (κ3) is 2.06. The summed E-state index contributed by atoms with van der Waals surface area (Å²) in [6.07, 6.45) is 0.578. The first kappa shape index (κ1) is 11.1. The first-order chi connectivity index (χ1) is 7.58. The van der Waals surface area contributed by atoms with E-state index >= 15 is 0 Å². The number of aromatic nitrogens is 1. The second kappa shape index (κ2) is 4.21. The summed E-state index contributed by atoms with van der Waals surface area (Å²) in [6.45, 7) is 0.540. The zero-order valence-corrected chi connectivity index (χ0v) is 9.85.